The van der Waals surface area contributed by atoms with Gasteiger partial charge in [0.25, 0.3) is 12.3 Å². The number of fused-ring (bicyclic) bond motifs is 1. The molecule has 1 aromatic heterocycles. The van der Waals surface area contributed by atoms with E-state index in [1.54, 1.807) is 10.6 Å². The summed E-state index contributed by atoms with van der Waals surface area (Å²) in [5.74, 6) is -1.44. The summed E-state index contributed by atoms with van der Waals surface area (Å²) in [4.78, 5) is 27.0. The van der Waals surface area contributed by atoms with E-state index in [9.17, 15) is 22.8 Å². The Kier molecular flexibility index (Phi) is 5.93. The Morgan fingerprint density at radius 2 is 1.96 bits per heavy atom. The number of alkyl halides is 2. The number of nitrogens with zero attached hydrogens (tertiary/aromatic N) is 2. The summed E-state index contributed by atoms with van der Waals surface area (Å²) >= 11 is 0. The summed E-state index contributed by atoms with van der Waals surface area (Å²) in [5, 5.41) is 5.37. The Morgan fingerprint density at radius 3 is 2.57 bits per heavy atom. The molecule has 152 valence electrons. The fourth-order valence-corrected chi connectivity index (χ4v) is 3.32. The van der Waals surface area contributed by atoms with E-state index < -0.39 is 29.6 Å². The molecule has 0 unspecified atom stereocenters. The third-order valence-corrected chi connectivity index (χ3v) is 4.93. The van der Waals surface area contributed by atoms with Crippen LogP contribution in [-0.2, 0) is 6.54 Å². The van der Waals surface area contributed by atoms with E-state index in [0.29, 0.717) is 30.8 Å². The number of benzene rings is 1. The van der Waals surface area contributed by atoms with Gasteiger partial charge in [-0.3, -0.25) is 9.59 Å². The van der Waals surface area contributed by atoms with Crippen LogP contribution in [0.4, 0.5) is 18.9 Å². The van der Waals surface area contributed by atoms with E-state index in [1.807, 2.05) is 11.8 Å². The lowest BCUT2D eigenvalue weighted by atomic mass is 10.1. The molecule has 2 N–H and O–H groups in total. The van der Waals surface area contributed by atoms with Crippen molar-refractivity contribution in [1.29, 1.82) is 0 Å². The molecule has 2 aromatic rings. The van der Waals surface area contributed by atoms with Gasteiger partial charge in [-0.1, -0.05) is 0 Å². The number of piperazine rings is 1. The van der Waals surface area contributed by atoms with Gasteiger partial charge >= 0.3 is 0 Å². The smallest absolute Gasteiger partial charge is 0.258 e. The van der Waals surface area contributed by atoms with Crippen molar-refractivity contribution in [3.8, 4) is 0 Å². The fourth-order valence-electron chi connectivity index (χ4n) is 3.32. The number of carbonyl (C=O) groups excluding carboxylic acids is 1. The van der Waals surface area contributed by atoms with Crippen molar-refractivity contribution in [2.75, 3.05) is 31.1 Å². The molecule has 0 saturated carbocycles. The van der Waals surface area contributed by atoms with Crippen LogP contribution in [0.15, 0.2) is 23.1 Å². The van der Waals surface area contributed by atoms with E-state index in [2.05, 4.69) is 10.6 Å². The molecule has 28 heavy (non-hydrogen) atoms. The summed E-state index contributed by atoms with van der Waals surface area (Å²) in [6, 6.07) is 1.35. The second-order valence-electron chi connectivity index (χ2n) is 6.81. The van der Waals surface area contributed by atoms with Crippen molar-refractivity contribution in [2.45, 2.75) is 32.9 Å². The predicted molar refractivity (Wildman–Crippen MR) is 102 cm³/mol. The van der Waals surface area contributed by atoms with Crippen molar-refractivity contribution in [1.82, 2.24) is 15.2 Å². The summed E-state index contributed by atoms with van der Waals surface area (Å²) in [5.41, 5.74) is -0.0550. The van der Waals surface area contributed by atoms with Gasteiger partial charge in [-0.15, -0.1) is 0 Å². The normalized spacial score (nSPS) is 15.9. The Labute approximate surface area is 160 Å². The molecule has 3 rings (SSSR count). The van der Waals surface area contributed by atoms with Crippen LogP contribution in [0.1, 0.15) is 24.2 Å². The number of rotatable bonds is 5. The van der Waals surface area contributed by atoms with Crippen LogP contribution in [0.5, 0.6) is 0 Å². The van der Waals surface area contributed by atoms with E-state index >= 15 is 0 Å². The molecule has 1 aliphatic rings. The predicted octanol–water partition coefficient (Wildman–Crippen LogP) is 1.95. The Balaban J connectivity index is 2.09. The van der Waals surface area contributed by atoms with Crippen molar-refractivity contribution in [3.63, 3.8) is 0 Å². The van der Waals surface area contributed by atoms with Crippen LogP contribution >= 0.6 is 0 Å². The number of hydrogen-bond acceptors (Lipinski definition) is 4. The first-order chi connectivity index (χ1) is 13.3. The third-order valence-electron chi connectivity index (χ3n) is 4.93. The van der Waals surface area contributed by atoms with E-state index in [4.69, 9.17) is 0 Å². The number of halogens is 3. The Morgan fingerprint density at radius 1 is 1.29 bits per heavy atom. The molecule has 1 fully saturated rings. The van der Waals surface area contributed by atoms with Gasteiger partial charge in [-0.2, -0.15) is 0 Å². The number of pyridine rings is 1. The Hall–Kier alpha value is -2.55. The molecule has 0 radical (unpaired) electrons. The first-order valence-corrected chi connectivity index (χ1v) is 9.24. The van der Waals surface area contributed by atoms with Gasteiger partial charge < -0.3 is 20.1 Å². The SMILES string of the molecule is CCn1cc(C(=O)N[C@@H](C)C(F)F)c(=O)c2cc(F)c(N3CCNCC3)cc21. The molecule has 0 spiro atoms. The molecule has 1 aromatic carbocycles. The van der Waals surface area contributed by atoms with Gasteiger partial charge in [0.15, 0.2) is 0 Å². The van der Waals surface area contributed by atoms with E-state index in [-0.39, 0.29) is 10.9 Å². The lowest BCUT2D eigenvalue weighted by molar-refractivity contribution is 0.0779. The van der Waals surface area contributed by atoms with Gasteiger partial charge in [0, 0.05) is 44.3 Å². The topological polar surface area (TPSA) is 66.4 Å². The maximum atomic E-state index is 14.8. The maximum absolute atomic E-state index is 14.8. The minimum absolute atomic E-state index is 0.0515. The van der Waals surface area contributed by atoms with E-state index in [0.717, 1.165) is 26.1 Å². The largest absolute Gasteiger partial charge is 0.367 e. The molecule has 9 heteroatoms. The first-order valence-electron chi connectivity index (χ1n) is 9.24. The van der Waals surface area contributed by atoms with Crippen LogP contribution < -0.4 is 21.0 Å². The van der Waals surface area contributed by atoms with Gasteiger partial charge in [-0.05, 0) is 26.0 Å². The molecule has 0 aliphatic carbocycles. The van der Waals surface area contributed by atoms with Gasteiger partial charge in [0.2, 0.25) is 5.43 Å². The van der Waals surface area contributed by atoms with Crippen LogP contribution in [0.2, 0.25) is 0 Å². The van der Waals surface area contributed by atoms with Crippen LogP contribution in [0.3, 0.4) is 0 Å². The summed E-state index contributed by atoms with van der Waals surface area (Å²) in [7, 11) is 0. The average molecular weight is 396 g/mol. The van der Waals surface area contributed by atoms with Gasteiger partial charge in [-0.25, -0.2) is 13.2 Å². The molecule has 1 amide bonds. The highest BCUT2D eigenvalue weighted by molar-refractivity contribution is 5.98. The highest BCUT2D eigenvalue weighted by Crippen LogP contribution is 2.25. The molecule has 1 atom stereocenters. The zero-order valence-corrected chi connectivity index (χ0v) is 15.8. The summed E-state index contributed by atoms with van der Waals surface area (Å²) in [6.45, 7) is 6.16. The quantitative estimate of drug-likeness (QED) is 0.811. The standard InChI is InChI=1S/C19H23F3N4O2/c1-3-25-10-13(19(28)24-11(2)18(21)22)17(27)12-8-14(20)16(9-15(12)25)26-6-4-23-5-7-26/h8-11,18,23H,3-7H2,1-2H3,(H,24,28)/t11-/m0/s1. The molecule has 1 saturated heterocycles. The Bertz CT molecular complexity index is 939. The third kappa shape index (κ3) is 3.84. The minimum atomic E-state index is -2.75. The number of carbonyl (C=O) groups is 1. The van der Waals surface area contributed by atoms with Crippen molar-refractivity contribution in [2.24, 2.45) is 0 Å². The maximum Gasteiger partial charge on any atom is 0.258 e. The highest BCUT2D eigenvalue weighted by Gasteiger charge is 2.23. The van der Waals surface area contributed by atoms with Crippen molar-refractivity contribution >= 4 is 22.5 Å². The lowest BCUT2D eigenvalue weighted by Crippen LogP contribution is -2.44. The zero-order chi connectivity index (χ0) is 20.4. The van der Waals surface area contributed by atoms with Crippen LogP contribution in [0, 0.1) is 5.82 Å². The summed E-state index contributed by atoms with van der Waals surface area (Å²) < 4.78 is 41.9. The monoisotopic (exact) mass is 396 g/mol. The van der Waals surface area contributed by atoms with Crippen molar-refractivity contribution < 1.29 is 18.0 Å². The number of aromatic nitrogens is 1. The number of amides is 1. The fraction of sp³-hybridized carbons (Fsp3) is 0.474. The lowest BCUT2D eigenvalue weighted by Gasteiger charge is -2.30. The minimum Gasteiger partial charge on any atom is -0.367 e. The number of hydrogen-bond donors (Lipinski definition) is 2. The first kappa shape index (κ1) is 20.2. The van der Waals surface area contributed by atoms with E-state index in [1.165, 1.54) is 6.20 Å². The number of aryl methyl sites for hydroxylation is 1. The molecule has 0 bridgehead atoms. The van der Waals surface area contributed by atoms with Gasteiger partial charge in [0.05, 0.1) is 17.2 Å². The second-order valence-corrected chi connectivity index (χ2v) is 6.81. The number of nitrogens with one attached hydrogen (secondary N) is 2. The van der Waals surface area contributed by atoms with Crippen LogP contribution in [0.25, 0.3) is 10.9 Å². The van der Waals surface area contributed by atoms with Crippen molar-refractivity contribution in [3.05, 3.63) is 39.9 Å². The van der Waals surface area contributed by atoms with Gasteiger partial charge in [0.1, 0.15) is 11.4 Å². The van der Waals surface area contributed by atoms with Crippen LogP contribution in [-0.4, -0.2) is 49.1 Å². The average Bonchev–Trinajstić information content (AvgIpc) is 2.68. The molecular formula is C19H23F3N4O2. The second kappa shape index (κ2) is 8.22. The highest BCUT2D eigenvalue weighted by atomic mass is 19.3. The summed E-state index contributed by atoms with van der Waals surface area (Å²) in [6.07, 6.45) is -1.41. The number of anilines is 1. The molecule has 1 aliphatic heterocycles. The molecule has 2 heterocycles. The zero-order valence-electron chi connectivity index (χ0n) is 15.8. The molecule has 6 nitrogen and oxygen atoms in total. The molecular weight excluding hydrogens is 373 g/mol.